The third kappa shape index (κ3) is 4.45. The van der Waals surface area contributed by atoms with Gasteiger partial charge in [-0.1, -0.05) is 29.3 Å². The summed E-state index contributed by atoms with van der Waals surface area (Å²) in [5, 5.41) is 0.228. The number of sulfonamides is 2. The molecule has 3 rings (SSSR count). The van der Waals surface area contributed by atoms with Gasteiger partial charge in [0.1, 0.15) is 4.90 Å². The largest absolute Gasteiger partial charge is 0.280 e. The van der Waals surface area contributed by atoms with E-state index in [9.17, 15) is 16.8 Å². The molecule has 0 amide bonds. The van der Waals surface area contributed by atoms with Crippen molar-refractivity contribution in [2.75, 3.05) is 4.72 Å². The Bertz CT molecular complexity index is 1020. The van der Waals surface area contributed by atoms with Gasteiger partial charge in [-0.05, 0) is 49.2 Å². The molecule has 2 aromatic carbocycles. The molecular formula is C15H14Cl2N2O4S2. The van der Waals surface area contributed by atoms with E-state index in [1.54, 1.807) is 0 Å². The summed E-state index contributed by atoms with van der Waals surface area (Å²) >= 11 is 11.8. The summed E-state index contributed by atoms with van der Waals surface area (Å²) in [6, 6.07) is 9.58. The molecule has 0 aromatic heterocycles. The maximum atomic E-state index is 12.5. The van der Waals surface area contributed by atoms with E-state index in [0.717, 1.165) is 12.8 Å². The molecule has 134 valence electrons. The predicted molar refractivity (Wildman–Crippen MR) is 97.1 cm³/mol. The van der Waals surface area contributed by atoms with Crippen LogP contribution in [0.1, 0.15) is 12.8 Å². The summed E-state index contributed by atoms with van der Waals surface area (Å²) in [5.74, 6) is 0. The van der Waals surface area contributed by atoms with Crippen molar-refractivity contribution in [3.8, 4) is 0 Å². The van der Waals surface area contributed by atoms with Gasteiger partial charge < -0.3 is 0 Å². The van der Waals surface area contributed by atoms with Crippen molar-refractivity contribution in [1.82, 2.24) is 4.72 Å². The van der Waals surface area contributed by atoms with Gasteiger partial charge in [0.05, 0.1) is 15.6 Å². The number of benzene rings is 2. The van der Waals surface area contributed by atoms with E-state index in [1.807, 2.05) is 0 Å². The number of rotatable bonds is 6. The van der Waals surface area contributed by atoms with Crippen LogP contribution in [-0.4, -0.2) is 22.9 Å². The summed E-state index contributed by atoms with van der Waals surface area (Å²) in [4.78, 5) is -0.206. The third-order valence-electron chi connectivity index (χ3n) is 3.48. The topological polar surface area (TPSA) is 92.3 Å². The van der Waals surface area contributed by atoms with Crippen LogP contribution in [0.25, 0.3) is 0 Å². The van der Waals surface area contributed by atoms with Crippen LogP contribution in [-0.2, 0) is 20.0 Å². The van der Waals surface area contributed by atoms with Gasteiger partial charge in [-0.15, -0.1) is 0 Å². The van der Waals surface area contributed by atoms with Crippen LogP contribution >= 0.6 is 23.2 Å². The molecule has 0 saturated heterocycles. The quantitative estimate of drug-likeness (QED) is 0.749. The average molecular weight is 421 g/mol. The lowest BCUT2D eigenvalue weighted by atomic mass is 10.3. The highest BCUT2D eigenvalue weighted by Gasteiger charge is 2.28. The maximum Gasteiger partial charge on any atom is 0.263 e. The standard InChI is InChI=1S/C15H14Cl2N2O4S2/c16-10-4-7-14(17)15(8-10)25(22,23)19-12-2-1-3-13(9-12)24(20,21)18-11-5-6-11/h1-4,7-9,11,18-19H,5-6H2. The molecule has 2 aromatic rings. The average Bonchev–Trinajstić information content (AvgIpc) is 3.33. The predicted octanol–water partition coefficient (Wildman–Crippen LogP) is 3.23. The van der Waals surface area contributed by atoms with Crippen LogP contribution in [0, 0.1) is 0 Å². The van der Waals surface area contributed by atoms with E-state index in [2.05, 4.69) is 9.44 Å². The van der Waals surface area contributed by atoms with Gasteiger partial charge in [0.25, 0.3) is 10.0 Å². The van der Waals surface area contributed by atoms with Crippen molar-refractivity contribution in [2.45, 2.75) is 28.7 Å². The zero-order valence-corrected chi connectivity index (χ0v) is 15.9. The Hall–Kier alpha value is -1.32. The lowest BCUT2D eigenvalue weighted by Gasteiger charge is -2.11. The zero-order chi connectivity index (χ0) is 18.2. The fraction of sp³-hybridized carbons (Fsp3) is 0.200. The highest BCUT2D eigenvalue weighted by molar-refractivity contribution is 7.93. The molecular weight excluding hydrogens is 407 g/mol. The van der Waals surface area contributed by atoms with Gasteiger partial charge in [-0.3, -0.25) is 4.72 Å². The SMILES string of the molecule is O=S(=O)(NC1CC1)c1cccc(NS(=O)(=O)c2cc(Cl)ccc2Cl)c1. The number of anilines is 1. The molecule has 10 heteroatoms. The molecule has 0 unspecified atom stereocenters. The van der Waals surface area contributed by atoms with E-state index in [-0.39, 0.29) is 31.6 Å². The molecule has 1 fully saturated rings. The van der Waals surface area contributed by atoms with E-state index in [1.165, 1.54) is 42.5 Å². The first-order chi connectivity index (χ1) is 11.7. The Morgan fingerprint density at radius 2 is 1.64 bits per heavy atom. The molecule has 0 heterocycles. The smallest absolute Gasteiger partial charge is 0.263 e. The first-order valence-corrected chi connectivity index (χ1v) is 11.0. The zero-order valence-electron chi connectivity index (χ0n) is 12.7. The Morgan fingerprint density at radius 1 is 0.920 bits per heavy atom. The van der Waals surface area contributed by atoms with Crippen molar-refractivity contribution in [2.24, 2.45) is 0 Å². The van der Waals surface area contributed by atoms with Gasteiger partial charge in [0.15, 0.2) is 0 Å². The van der Waals surface area contributed by atoms with Gasteiger partial charge in [-0.25, -0.2) is 21.6 Å². The maximum absolute atomic E-state index is 12.5. The molecule has 1 aliphatic carbocycles. The van der Waals surface area contributed by atoms with Crippen LogP contribution in [0.15, 0.2) is 52.3 Å². The van der Waals surface area contributed by atoms with Crippen molar-refractivity contribution < 1.29 is 16.8 Å². The highest BCUT2D eigenvalue weighted by Crippen LogP contribution is 2.28. The Kier molecular flexibility index (Phi) is 5.00. The van der Waals surface area contributed by atoms with Crippen LogP contribution in [0.4, 0.5) is 5.69 Å². The fourth-order valence-corrected chi connectivity index (χ4v) is 5.27. The molecule has 0 bridgehead atoms. The summed E-state index contributed by atoms with van der Waals surface area (Å²) < 4.78 is 54.4. The second kappa shape index (κ2) is 6.77. The Labute approximate surface area is 156 Å². The van der Waals surface area contributed by atoms with E-state index in [4.69, 9.17) is 23.2 Å². The molecule has 25 heavy (non-hydrogen) atoms. The summed E-state index contributed by atoms with van der Waals surface area (Å²) in [6.45, 7) is 0. The Morgan fingerprint density at radius 3 is 2.32 bits per heavy atom. The molecule has 0 aliphatic heterocycles. The molecule has 0 atom stereocenters. The highest BCUT2D eigenvalue weighted by atomic mass is 35.5. The third-order valence-corrected chi connectivity index (χ3v) is 7.09. The molecule has 1 saturated carbocycles. The minimum Gasteiger partial charge on any atom is -0.280 e. The van der Waals surface area contributed by atoms with E-state index in [0.29, 0.717) is 0 Å². The number of nitrogens with one attached hydrogen (secondary N) is 2. The summed E-state index contributed by atoms with van der Waals surface area (Å²) in [5.41, 5.74) is 0.106. The molecule has 0 radical (unpaired) electrons. The second-order valence-electron chi connectivity index (χ2n) is 5.60. The van der Waals surface area contributed by atoms with Crippen LogP contribution in [0.3, 0.4) is 0 Å². The minimum atomic E-state index is -4.02. The van der Waals surface area contributed by atoms with Gasteiger partial charge in [-0.2, -0.15) is 0 Å². The van der Waals surface area contributed by atoms with Gasteiger partial charge in [0.2, 0.25) is 10.0 Å². The van der Waals surface area contributed by atoms with Crippen molar-refractivity contribution in [3.05, 3.63) is 52.5 Å². The molecule has 0 spiro atoms. The monoisotopic (exact) mass is 420 g/mol. The second-order valence-corrected chi connectivity index (χ2v) is 9.81. The fourth-order valence-electron chi connectivity index (χ4n) is 2.11. The minimum absolute atomic E-state index is 0.0103. The lowest BCUT2D eigenvalue weighted by molar-refractivity contribution is 0.581. The summed E-state index contributed by atoms with van der Waals surface area (Å²) in [6.07, 6.45) is 1.61. The van der Waals surface area contributed by atoms with Crippen LogP contribution in [0.2, 0.25) is 10.0 Å². The molecule has 2 N–H and O–H groups in total. The first kappa shape index (κ1) is 18.5. The van der Waals surface area contributed by atoms with Crippen molar-refractivity contribution >= 4 is 48.9 Å². The van der Waals surface area contributed by atoms with Crippen molar-refractivity contribution in [1.29, 1.82) is 0 Å². The summed E-state index contributed by atoms with van der Waals surface area (Å²) in [7, 11) is -7.71. The number of hydrogen-bond acceptors (Lipinski definition) is 4. The van der Waals surface area contributed by atoms with Gasteiger partial charge in [0, 0.05) is 11.1 Å². The van der Waals surface area contributed by atoms with Crippen LogP contribution in [0.5, 0.6) is 0 Å². The lowest BCUT2D eigenvalue weighted by Crippen LogP contribution is -2.25. The van der Waals surface area contributed by atoms with E-state index >= 15 is 0 Å². The Balaban J connectivity index is 1.90. The van der Waals surface area contributed by atoms with Gasteiger partial charge >= 0.3 is 0 Å². The first-order valence-electron chi connectivity index (χ1n) is 7.28. The normalized spacial score (nSPS) is 15.1. The van der Waals surface area contributed by atoms with E-state index < -0.39 is 20.0 Å². The molecule has 6 nitrogen and oxygen atoms in total. The van der Waals surface area contributed by atoms with Crippen molar-refractivity contribution in [3.63, 3.8) is 0 Å². The number of hydrogen-bond donors (Lipinski definition) is 2. The molecule has 1 aliphatic rings. The number of halogens is 2. The van der Waals surface area contributed by atoms with Crippen LogP contribution < -0.4 is 9.44 Å².